The summed E-state index contributed by atoms with van der Waals surface area (Å²) in [5, 5.41) is 3.28. The maximum Gasteiger partial charge on any atom is 0.130 e. The van der Waals surface area contributed by atoms with Crippen molar-refractivity contribution in [2.24, 2.45) is 5.41 Å². The summed E-state index contributed by atoms with van der Waals surface area (Å²) in [6.07, 6.45) is 8.07. The van der Waals surface area contributed by atoms with Crippen molar-refractivity contribution in [2.45, 2.75) is 66.2 Å². The average Bonchev–Trinajstić information content (AvgIpc) is 2.98. The summed E-state index contributed by atoms with van der Waals surface area (Å²) in [6.45, 7) is 21.5. The molecule has 0 aliphatic heterocycles. The molecule has 3 rings (SSSR count). The van der Waals surface area contributed by atoms with Gasteiger partial charge in [-0.3, -0.25) is 0 Å². The largest absolute Gasteiger partial charge is 0.391 e. The minimum atomic E-state index is -0.279. The third-order valence-corrected chi connectivity index (χ3v) is 8.50. The van der Waals surface area contributed by atoms with Crippen molar-refractivity contribution >= 4 is 11.1 Å². The molecule has 0 heterocycles. The monoisotopic (exact) mass is 577 g/mol. The van der Waals surface area contributed by atoms with Gasteiger partial charge in [-0.05, 0) is 122 Å². The molecule has 0 fully saturated rings. The van der Waals surface area contributed by atoms with Crippen LogP contribution in [0.1, 0.15) is 79.3 Å². The Balaban J connectivity index is 2.19. The number of halogens is 2. The Labute approximate surface area is 258 Å². The SMILES string of the molecule is C=CNCCC(CC)(CCc1ccccc1F)C/C(CC(=C)c1ccccc1F)=C(\C=C)c1c(C)cc(C#CC)cc1C. The fourth-order valence-corrected chi connectivity index (χ4v) is 6.16. The summed E-state index contributed by atoms with van der Waals surface area (Å²) < 4.78 is 29.6. The molecule has 3 aromatic carbocycles. The maximum absolute atomic E-state index is 14.9. The van der Waals surface area contributed by atoms with Crippen molar-refractivity contribution in [2.75, 3.05) is 6.54 Å². The van der Waals surface area contributed by atoms with E-state index in [1.165, 1.54) is 12.1 Å². The zero-order valence-corrected chi connectivity index (χ0v) is 26.3. The van der Waals surface area contributed by atoms with Gasteiger partial charge in [0.2, 0.25) is 0 Å². The van der Waals surface area contributed by atoms with Gasteiger partial charge in [-0.2, -0.15) is 0 Å². The summed E-state index contributed by atoms with van der Waals surface area (Å²) in [6, 6.07) is 18.1. The van der Waals surface area contributed by atoms with E-state index >= 15 is 0 Å². The van der Waals surface area contributed by atoms with Gasteiger partial charge in [-0.1, -0.05) is 87.0 Å². The van der Waals surface area contributed by atoms with Crippen LogP contribution in [0, 0.1) is 42.7 Å². The lowest BCUT2D eigenvalue weighted by atomic mass is 9.70. The van der Waals surface area contributed by atoms with Crippen LogP contribution in [0.5, 0.6) is 0 Å². The highest BCUT2D eigenvalue weighted by atomic mass is 19.1. The Morgan fingerprint density at radius 3 is 2.19 bits per heavy atom. The van der Waals surface area contributed by atoms with Gasteiger partial charge in [0.15, 0.2) is 0 Å². The third-order valence-electron chi connectivity index (χ3n) is 8.50. The predicted octanol–water partition coefficient (Wildman–Crippen LogP) is 10.5. The molecule has 3 heteroatoms. The second-order valence-electron chi connectivity index (χ2n) is 11.4. The Morgan fingerprint density at radius 2 is 1.60 bits per heavy atom. The van der Waals surface area contributed by atoms with Crippen LogP contribution in [0.2, 0.25) is 0 Å². The molecule has 0 aliphatic rings. The molecule has 1 nitrogen and oxygen atoms in total. The molecule has 0 saturated heterocycles. The second kappa shape index (κ2) is 15.9. The molecule has 0 spiro atoms. The maximum atomic E-state index is 14.9. The molecule has 43 heavy (non-hydrogen) atoms. The second-order valence-corrected chi connectivity index (χ2v) is 11.4. The number of hydrogen-bond donors (Lipinski definition) is 1. The van der Waals surface area contributed by atoms with Gasteiger partial charge in [0, 0.05) is 17.7 Å². The van der Waals surface area contributed by atoms with Crippen LogP contribution in [0.25, 0.3) is 11.1 Å². The first kappa shape index (κ1) is 33.3. The van der Waals surface area contributed by atoms with E-state index in [0.29, 0.717) is 18.4 Å². The molecule has 3 aromatic rings. The van der Waals surface area contributed by atoms with Crippen LogP contribution in [0.4, 0.5) is 8.78 Å². The van der Waals surface area contributed by atoms with Crippen molar-refractivity contribution in [3.8, 4) is 11.8 Å². The average molecular weight is 578 g/mol. The van der Waals surface area contributed by atoms with E-state index in [0.717, 1.165) is 76.8 Å². The highest BCUT2D eigenvalue weighted by molar-refractivity contribution is 5.83. The van der Waals surface area contributed by atoms with Gasteiger partial charge >= 0.3 is 0 Å². The molecule has 0 aliphatic carbocycles. The Bertz CT molecular complexity index is 1520. The minimum Gasteiger partial charge on any atom is -0.391 e. The number of nitrogens with one attached hydrogen (secondary N) is 1. The van der Waals surface area contributed by atoms with Crippen LogP contribution >= 0.6 is 0 Å². The summed E-state index contributed by atoms with van der Waals surface area (Å²) in [7, 11) is 0. The molecule has 0 amide bonds. The molecule has 0 aromatic heterocycles. The van der Waals surface area contributed by atoms with E-state index in [9.17, 15) is 8.78 Å². The Morgan fingerprint density at radius 1 is 0.953 bits per heavy atom. The van der Waals surface area contributed by atoms with Crippen LogP contribution < -0.4 is 5.32 Å². The van der Waals surface area contributed by atoms with Crippen LogP contribution in [0.3, 0.4) is 0 Å². The van der Waals surface area contributed by atoms with Crippen molar-refractivity contribution in [1.82, 2.24) is 5.32 Å². The summed E-state index contributed by atoms with van der Waals surface area (Å²) in [5.74, 6) is 5.73. The number of aryl methyl sites for hydroxylation is 3. The van der Waals surface area contributed by atoms with Crippen molar-refractivity contribution in [1.29, 1.82) is 0 Å². The van der Waals surface area contributed by atoms with E-state index in [1.807, 2.05) is 31.2 Å². The van der Waals surface area contributed by atoms with E-state index in [4.69, 9.17) is 0 Å². The van der Waals surface area contributed by atoms with Crippen molar-refractivity contribution in [3.05, 3.63) is 143 Å². The fraction of sp³-hybridized carbons (Fsp3) is 0.300. The van der Waals surface area contributed by atoms with Crippen molar-refractivity contribution in [3.63, 3.8) is 0 Å². The quantitative estimate of drug-likeness (QED) is 0.108. The van der Waals surface area contributed by atoms with Crippen LogP contribution in [-0.4, -0.2) is 6.54 Å². The molecule has 0 radical (unpaired) electrons. The van der Waals surface area contributed by atoms with Gasteiger partial charge in [0.25, 0.3) is 0 Å². The van der Waals surface area contributed by atoms with Gasteiger partial charge < -0.3 is 5.32 Å². The number of rotatable bonds is 15. The van der Waals surface area contributed by atoms with E-state index in [2.05, 4.69) is 69.8 Å². The smallest absolute Gasteiger partial charge is 0.130 e. The molecule has 224 valence electrons. The number of benzene rings is 3. The highest BCUT2D eigenvalue weighted by Gasteiger charge is 2.31. The number of allylic oxidation sites excluding steroid dienone is 4. The third kappa shape index (κ3) is 8.68. The first-order valence-corrected chi connectivity index (χ1v) is 15.1. The van der Waals surface area contributed by atoms with E-state index < -0.39 is 0 Å². The molecule has 1 unspecified atom stereocenters. The summed E-state index contributed by atoms with van der Waals surface area (Å²) >= 11 is 0. The lowest BCUT2D eigenvalue weighted by molar-refractivity contribution is 0.225. The van der Waals surface area contributed by atoms with Gasteiger partial charge in [0.05, 0.1) is 0 Å². The first-order valence-electron chi connectivity index (χ1n) is 15.1. The van der Waals surface area contributed by atoms with Gasteiger partial charge in [0.1, 0.15) is 11.6 Å². The molecule has 1 N–H and O–H groups in total. The Kier molecular flexibility index (Phi) is 12.3. The lowest BCUT2D eigenvalue weighted by Gasteiger charge is -2.36. The highest BCUT2D eigenvalue weighted by Crippen LogP contribution is 2.44. The van der Waals surface area contributed by atoms with E-state index in [-0.39, 0.29) is 17.0 Å². The zero-order valence-electron chi connectivity index (χ0n) is 26.3. The van der Waals surface area contributed by atoms with E-state index in [1.54, 1.807) is 24.4 Å². The first-order chi connectivity index (χ1) is 20.7. The molecular weight excluding hydrogens is 532 g/mol. The molecular formula is C40H45F2N. The molecule has 0 saturated carbocycles. The summed E-state index contributed by atoms with van der Waals surface area (Å²) in [4.78, 5) is 0. The minimum absolute atomic E-state index is 0.160. The molecule has 0 bridgehead atoms. The molecule has 1 atom stereocenters. The zero-order chi connectivity index (χ0) is 31.4. The topological polar surface area (TPSA) is 12.0 Å². The van der Waals surface area contributed by atoms with Crippen molar-refractivity contribution < 1.29 is 8.78 Å². The van der Waals surface area contributed by atoms with Gasteiger partial charge in [-0.25, -0.2) is 8.78 Å². The fourth-order valence-electron chi connectivity index (χ4n) is 6.16. The van der Waals surface area contributed by atoms with Gasteiger partial charge in [-0.15, -0.1) is 5.92 Å². The standard InChI is InChI=1S/C40H45F2N/c1-8-16-32-25-30(6)39(31(7)26-32)35(9-2)34(27-29(5)36-18-13-15-20-38(36)42)28-40(10-3,23-24-43-11-4)22-21-33-17-12-14-19-37(33)41/h9,11-15,17-20,25-26,43H,2,4-5,10,21-24,27-28H2,1,3,6-7H3/b35-34+. The van der Waals surface area contributed by atoms with Crippen LogP contribution in [0.15, 0.2) is 98.2 Å². The number of hydrogen-bond acceptors (Lipinski definition) is 1. The summed E-state index contributed by atoms with van der Waals surface area (Å²) in [5.41, 5.74) is 8.33. The Hall–Kier alpha value is -4.16. The normalized spacial score (nSPS) is 12.8. The predicted molar refractivity (Wildman–Crippen MR) is 181 cm³/mol. The van der Waals surface area contributed by atoms with Crippen LogP contribution in [-0.2, 0) is 6.42 Å². The lowest BCUT2D eigenvalue weighted by Crippen LogP contribution is -2.27.